The van der Waals surface area contributed by atoms with Gasteiger partial charge in [-0.05, 0) is 63.5 Å². The second-order valence-electron chi connectivity index (χ2n) is 12.3. The lowest BCUT2D eigenvalue weighted by molar-refractivity contribution is -0.386. The van der Waals surface area contributed by atoms with Gasteiger partial charge < -0.3 is 23.4 Å². The molecule has 2 aromatic heterocycles. The number of fused-ring (bicyclic) bond motifs is 7. The maximum absolute atomic E-state index is 13.5. The molecule has 1 saturated heterocycles. The van der Waals surface area contributed by atoms with E-state index in [4.69, 9.17) is 13.9 Å². The molecule has 222 valence electrons. The van der Waals surface area contributed by atoms with E-state index in [1.54, 1.807) is 11.0 Å². The van der Waals surface area contributed by atoms with Gasteiger partial charge in [0.1, 0.15) is 22.7 Å². The fourth-order valence-corrected chi connectivity index (χ4v) is 6.70. The average Bonchev–Trinajstić information content (AvgIpc) is 2.93. The third-order valence-corrected chi connectivity index (χ3v) is 8.77. The number of amides is 1. The number of unbranched alkanes of at least 4 members (excludes halogenated alkanes) is 1. The third kappa shape index (κ3) is 5.05. The molecule has 3 aromatic rings. The number of likely N-dealkylation sites (tertiary alicyclic amines) is 1. The molecular weight excluding hydrogens is 542 g/mol. The molecular formula is C31H35N3O8. The first-order valence-corrected chi connectivity index (χ1v) is 14.6. The Bertz CT molecular complexity index is 1700. The van der Waals surface area contributed by atoms with E-state index in [9.17, 15) is 24.5 Å². The van der Waals surface area contributed by atoms with Crippen LogP contribution in [0.4, 0.5) is 5.69 Å². The maximum atomic E-state index is 13.5. The van der Waals surface area contributed by atoms with Crippen LogP contribution in [-0.4, -0.2) is 45.6 Å². The van der Waals surface area contributed by atoms with Crippen molar-refractivity contribution in [1.29, 1.82) is 0 Å². The molecule has 1 amide bonds. The molecule has 0 saturated carbocycles. The van der Waals surface area contributed by atoms with Gasteiger partial charge in [0.15, 0.2) is 6.61 Å². The van der Waals surface area contributed by atoms with Gasteiger partial charge in [0.25, 0.3) is 5.91 Å². The molecule has 3 aliphatic heterocycles. The van der Waals surface area contributed by atoms with Crippen molar-refractivity contribution in [3.8, 4) is 11.5 Å². The van der Waals surface area contributed by atoms with E-state index in [2.05, 4.69) is 6.92 Å². The number of hydrogen-bond donors (Lipinski definition) is 0. The van der Waals surface area contributed by atoms with Gasteiger partial charge in [0, 0.05) is 55.0 Å². The van der Waals surface area contributed by atoms with Gasteiger partial charge in [-0.15, -0.1) is 0 Å². The van der Waals surface area contributed by atoms with E-state index in [0.717, 1.165) is 42.5 Å². The molecule has 42 heavy (non-hydrogen) atoms. The number of nitrogens with zero attached hydrogens (tertiary/aromatic N) is 3. The molecule has 0 aliphatic carbocycles. The minimum Gasteiger partial charge on any atom is -0.487 e. The molecule has 0 N–H and O–H groups in total. The largest absolute Gasteiger partial charge is 0.487 e. The highest BCUT2D eigenvalue weighted by atomic mass is 16.6. The summed E-state index contributed by atoms with van der Waals surface area (Å²) in [4.78, 5) is 51.1. The van der Waals surface area contributed by atoms with Crippen molar-refractivity contribution in [1.82, 2.24) is 9.47 Å². The topological polar surface area (TPSA) is 134 Å². The van der Waals surface area contributed by atoms with Gasteiger partial charge in [0.05, 0.1) is 10.3 Å². The summed E-state index contributed by atoms with van der Waals surface area (Å²) in [5.41, 5.74) is 1.03. The zero-order chi connectivity index (χ0) is 29.8. The smallest absolute Gasteiger partial charge is 0.336 e. The minimum atomic E-state index is -0.650. The van der Waals surface area contributed by atoms with Crippen molar-refractivity contribution in [3.63, 3.8) is 0 Å². The highest BCUT2D eigenvalue weighted by Gasteiger charge is 2.38. The molecule has 5 heterocycles. The third-order valence-electron chi connectivity index (χ3n) is 8.77. The van der Waals surface area contributed by atoms with Crippen molar-refractivity contribution in [2.75, 3.05) is 19.7 Å². The zero-order valence-electron chi connectivity index (χ0n) is 24.1. The Kier molecular flexibility index (Phi) is 7.06. The second kappa shape index (κ2) is 10.6. The summed E-state index contributed by atoms with van der Waals surface area (Å²) >= 11 is 0. The number of hydrogen-bond acceptors (Lipinski definition) is 8. The molecule has 11 nitrogen and oxygen atoms in total. The van der Waals surface area contributed by atoms with E-state index < -0.39 is 27.4 Å². The molecule has 3 aliphatic rings. The van der Waals surface area contributed by atoms with Gasteiger partial charge in [0.2, 0.25) is 0 Å². The fraction of sp³-hybridized carbons (Fsp3) is 0.516. The van der Waals surface area contributed by atoms with E-state index in [1.165, 1.54) is 16.7 Å². The molecule has 6 rings (SSSR count). The predicted molar refractivity (Wildman–Crippen MR) is 154 cm³/mol. The normalized spacial score (nSPS) is 20.4. The highest BCUT2D eigenvalue weighted by molar-refractivity contribution is 5.92. The van der Waals surface area contributed by atoms with Crippen LogP contribution in [0.3, 0.4) is 0 Å². The molecule has 1 fully saturated rings. The first-order valence-electron chi connectivity index (χ1n) is 14.6. The van der Waals surface area contributed by atoms with Crippen LogP contribution in [0, 0.1) is 16.0 Å². The molecule has 0 spiro atoms. The van der Waals surface area contributed by atoms with E-state index in [-0.39, 0.29) is 24.3 Å². The van der Waals surface area contributed by atoms with Crippen molar-refractivity contribution in [2.45, 2.75) is 77.4 Å². The van der Waals surface area contributed by atoms with E-state index >= 15 is 0 Å². The first-order chi connectivity index (χ1) is 20.0. The number of rotatable bonds is 7. The van der Waals surface area contributed by atoms with Crippen LogP contribution in [0.15, 0.2) is 38.3 Å². The van der Waals surface area contributed by atoms with Crippen LogP contribution in [0.5, 0.6) is 11.5 Å². The number of benzene rings is 1. The minimum absolute atomic E-state index is 0.00929. The first kappa shape index (κ1) is 28.0. The van der Waals surface area contributed by atoms with Crippen LogP contribution < -0.4 is 20.7 Å². The number of ether oxygens (including phenoxy) is 2. The Morgan fingerprint density at radius 2 is 2.00 bits per heavy atom. The van der Waals surface area contributed by atoms with Gasteiger partial charge in [-0.25, -0.2) is 4.79 Å². The Balaban J connectivity index is 1.28. The van der Waals surface area contributed by atoms with Crippen LogP contribution in [0.2, 0.25) is 0 Å². The number of piperidine rings is 1. The Labute approximate surface area is 242 Å². The predicted octanol–water partition coefficient (Wildman–Crippen LogP) is 4.33. The highest BCUT2D eigenvalue weighted by Crippen LogP contribution is 2.43. The monoisotopic (exact) mass is 577 g/mol. The maximum Gasteiger partial charge on any atom is 0.336 e. The Morgan fingerprint density at radius 3 is 2.76 bits per heavy atom. The summed E-state index contributed by atoms with van der Waals surface area (Å²) in [6.45, 7) is 7.06. The number of carbonyl (C=O) groups is 1. The lowest BCUT2D eigenvalue weighted by Crippen LogP contribution is -2.50. The van der Waals surface area contributed by atoms with Gasteiger partial charge in [-0.3, -0.25) is 19.7 Å². The van der Waals surface area contributed by atoms with E-state index in [1.807, 2.05) is 19.9 Å². The van der Waals surface area contributed by atoms with Crippen molar-refractivity contribution < 1.29 is 23.6 Å². The van der Waals surface area contributed by atoms with Gasteiger partial charge in [-0.1, -0.05) is 13.3 Å². The van der Waals surface area contributed by atoms with Gasteiger partial charge in [-0.2, -0.15) is 0 Å². The van der Waals surface area contributed by atoms with Crippen LogP contribution in [0.1, 0.15) is 69.2 Å². The standard InChI is InChI=1S/C31H35N3O8/c1-4-5-6-19-12-27(36)41-29-21-9-10-31(2,3)42-24(21)13-25(28(19)29)40-17-26(35)32-14-18-11-20(16-32)22-7-8-23(34(38)39)30(37)33(22)15-18/h7-8,12-13,18,20H,4-6,9-11,14-17H2,1-3H3/t18-,20?/m1/s1. The number of aryl methyl sites for hydroxylation is 2. The molecule has 1 aromatic carbocycles. The summed E-state index contributed by atoms with van der Waals surface area (Å²) in [7, 11) is 0. The quantitative estimate of drug-likeness (QED) is 0.230. The van der Waals surface area contributed by atoms with E-state index in [0.29, 0.717) is 54.9 Å². The number of pyridine rings is 1. The molecule has 11 heteroatoms. The van der Waals surface area contributed by atoms with Crippen molar-refractivity contribution in [3.05, 3.63) is 72.0 Å². The lowest BCUT2D eigenvalue weighted by Gasteiger charge is -2.42. The summed E-state index contributed by atoms with van der Waals surface area (Å²) in [6.07, 6.45) is 4.81. The number of nitro groups is 1. The molecule has 0 radical (unpaired) electrons. The second-order valence-corrected chi connectivity index (χ2v) is 12.3. The zero-order valence-corrected chi connectivity index (χ0v) is 24.1. The van der Waals surface area contributed by atoms with Crippen molar-refractivity contribution in [2.24, 2.45) is 5.92 Å². The molecule has 2 atom stereocenters. The van der Waals surface area contributed by atoms with Crippen LogP contribution >= 0.6 is 0 Å². The Morgan fingerprint density at radius 1 is 1.19 bits per heavy atom. The summed E-state index contributed by atoms with van der Waals surface area (Å²) in [6, 6.07) is 6.23. The van der Waals surface area contributed by atoms with Crippen molar-refractivity contribution >= 4 is 22.6 Å². The van der Waals surface area contributed by atoms with Crippen LogP contribution in [0.25, 0.3) is 11.0 Å². The Hall–Kier alpha value is -4.15. The summed E-state index contributed by atoms with van der Waals surface area (Å²) < 4.78 is 19.7. The number of carbonyl (C=O) groups excluding carboxylic acids is 1. The summed E-state index contributed by atoms with van der Waals surface area (Å²) in [5.74, 6) is 0.772. The lowest BCUT2D eigenvalue weighted by atomic mass is 9.83. The number of aromatic nitrogens is 1. The van der Waals surface area contributed by atoms with Crippen LogP contribution in [-0.2, 0) is 24.2 Å². The SMILES string of the molecule is CCCCc1cc(=O)oc2c3c(cc(OCC(=O)N4CC5C[C@H](C4)Cn4c5ccc([N+](=O)[O-])c4=O)c12)OC(C)(C)CC3. The summed E-state index contributed by atoms with van der Waals surface area (Å²) in [5, 5.41) is 12.0. The molecule has 2 bridgehead atoms. The average molecular weight is 578 g/mol. The fourth-order valence-electron chi connectivity index (χ4n) is 6.70. The molecule has 1 unspecified atom stereocenters. The van der Waals surface area contributed by atoms with Gasteiger partial charge >= 0.3 is 16.9 Å².